The van der Waals surface area contributed by atoms with Crippen LogP contribution in [0, 0.1) is 6.92 Å². The van der Waals surface area contributed by atoms with Crippen LogP contribution in [-0.4, -0.2) is 31.5 Å². The van der Waals surface area contributed by atoms with E-state index in [0.717, 1.165) is 15.4 Å². The molecule has 136 valence electrons. The fourth-order valence-corrected chi connectivity index (χ4v) is 4.77. The van der Waals surface area contributed by atoms with E-state index in [1.54, 1.807) is 19.1 Å². The van der Waals surface area contributed by atoms with Crippen LogP contribution in [0.15, 0.2) is 71.6 Å². The van der Waals surface area contributed by atoms with Gasteiger partial charge in [0.2, 0.25) is 0 Å². The topological polar surface area (TPSA) is 63.7 Å². The zero-order valence-corrected chi connectivity index (χ0v) is 15.6. The molecule has 0 N–H and O–H groups in total. The summed E-state index contributed by atoms with van der Waals surface area (Å²) in [6, 6.07) is 15.1. The maximum Gasteiger partial charge on any atom is 0.424 e. The second kappa shape index (κ2) is 6.96. The highest BCUT2D eigenvalue weighted by atomic mass is 32.2. The van der Waals surface area contributed by atoms with Gasteiger partial charge >= 0.3 is 6.09 Å². The minimum atomic E-state index is -4.07. The molecule has 3 rings (SSSR count). The minimum absolute atomic E-state index is 0.0556. The van der Waals surface area contributed by atoms with Crippen LogP contribution in [0.25, 0.3) is 0 Å². The number of hydrogen-bond acceptors (Lipinski definition) is 4. The third-order valence-corrected chi connectivity index (χ3v) is 6.27. The Labute approximate surface area is 154 Å². The molecule has 1 fully saturated rings. The highest BCUT2D eigenvalue weighted by Crippen LogP contribution is 2.36. The van der Waals surface area contributed by atoms with Crippen LogP contribution < -0.4 is 0 Å². The second-order valence-electron chi connectivity index (χ2n) is 6.50. The zero-order valence-electron chi connectivity index (χ0n) is 14.8. The van der Waals surface area contributed by atoms with Crippen LogP contribution in [0.2, 0.25) is 0 Å². The first-order valence-corrected chi connectivity index (χ1v) is 9.74. The molecule has 0 bridgehead atoms. The number of ether oxygens (including phenoxy) is 1. The van der Waals surface area contributed by atoms with E-state index in [1.165, 1.54) is 12.1 Å². The highest BCUT2D eigenvalue weighted by Gasteiger charge is 2.45. The molecule has 2 aromatic rings. The summed E-state index contributed by atoms with van der Waals surface area (Å²) in [7, 11) is -4.07. The Morgan fingerprint density at radius 3 is 2.31 bits per heavy atom. The van der Waals surface area contributed by atoms with Crippen molar-refractivity contribution in [1.82, 2.24) is 4.31 Å². The summed E-state index contributed by atoms with van der Waals surface area (Å²) < 4.78 is 32.4. The molecule has 1 amide bonds. The van der Waals surface area contributed by atoms with Crippen LogP contribution >= 0.6 is 0 Å². The van der Waals surface area contributed by atoms with Crippen LogP contribution in [0.4, 0.5) is 4.79 Å². The predicted molar refractivity (Wildman–Crippen MR) is 99.3 cm³/mol. The predicted octanol–water partition coefficient (Wildman–Crippen LogP) is 3.86. The first kappa shape index (κ1) is 18.2. The third kappa shape index (κ3) is 3.24. The Kier molecular flexibility index (Phi) is 4.87. The summed E-state index contributed by atoms with van der Waals surface area (Å²) in [4.78, 5) is 12.5. The van der Waals surface area contributed by atoms with Crippen LogP contribution in [0.5, 0.6) is 0 Å². The van der Waals surface area contributed by atoms with Crippen molar-refractivity contribution in [3.63, 3.8) is 0 Å². The molecule has 26 heavy (non-hydrogen) atoms. The molecule has 1 aliphatic rings. The zero-order chi connectivity index (χ0) is 18.9. The van der Waals surface area contributed by atoms with Crippen molar-refractivity contribution in [1.29, 1.82) is 0 Å². The number of carbonyl (C=O) groups is 1. The molecule has 0 unspecified atom stereocenters. The summed E-state index contributed by atoms with van der Waals surface area (Å²) in [6.07, 6.45) is -0.870. The van der Waals surface area contributed by atoms with Gasteiger partial charge in [0.25, 0.3) is 10.0 Å². The lowest BCUT2D eigenvalue weighted by atomic mass is 9.88. The van der Waals surface area contributed by atoms with Crippen molar-refractivity contribution < 1.29 is 17.9 Å². The maximum absolute atomic E-state index is 13.2. The summed E-state index contributed by atoms with van der Waals surface area (Å²) in [5, 5.41) is 0. The molecule has 1 saturated heterocycles. The summed E-state index contributed by atoms with van der Waals surface area (Å²) in [6.45, 7) is 7.66. The van der Waals surface area contributed by atoms with E-state index >= 15 is 0 Å². The molecule has 6 heteroatoms. The van der Waals surface area contributed by atoms with E-state index < -0.39 is 22.2 Å². The highest BCUT2D eigenvalue weighted by molar-refractivity contribution is 7.89. The standard InChI is InChI=1S/C20H21NO4S/c1-14(2)19-18(16-7-5-4-6-8-16)13-25-20(22)21(19)26(23,24)17-11-9-15(3)10-12-17/h4-12,18-19H,1,13H2,2-3H3/t18-,19+/m1/s1. The number of aryl methyl sites for hydroxylation is 1. The molecule has 5 nitrogen and oxygen atoms in total. The van der Waals surface area contributed by atoms with Crippen molar-refractivity contribution >= 4 is 16.1 Å². The van der Waals surface area contributed by atoms with E-state index in [1.807, 2.05) is 37.3 Å². The average molecular weight is 371 g/mol. The largest absolute Gasteiger partial charge is 0.448 e. The van der Waals surface area contributed by atoms with Gasteiger partial charge in [0.1, 0.15) is 6.61 Å². The van der Waals surface area contributed by atoms with Gasteiger partial charge in [0.15, 0.2) is 0 Å². The fraction of sp³-hybridized carbons (Fsp3) is 0.250. The van der Waals surface area contributed by atoms with Crippen molar-refractivity contribution in [2.45, 2.75) is 30.7 Å². The first-order chi connectivity index (χ1) is 12.3. The van der Waals surface area contributed by atoms with E-state index in [-0.39, 0.29) is 17.4 Å². The van der Waals surface area contributed by atoms with Gasteiger partial charge in [0, 0.05) is 5.92 Å². The van der Waals surface area contributed by atoms with Gasteiger partial charge in [-0.3, -0.25) is 0 Å². The Morgan fingerprint density at radius 2 is 1.73 bits per heavy atom. The number of nitrogens with zero attached hydrogens (tertiary/aromatic N) is 1. The normalized spacial score (nSPS) is 20.5. The molecule has 0 radical (unpaired) electrons. The second-order valence-corrected chi connectivity index (χ2v) is 8.31. The first-order valence-electron chi connectivity index (χ1n) is 8.30. The van der Waals surface area contributed by atoms with Crippen LogP contribution in [-0.2, 0) is 14.8 Å². The molecule has 0 saturated carbocycles. The number of rotatable bonds is 4. The number of sulfonamides is 1. The third-order valence-electron chi connectivity index (χ3n) is 4.51. The van der Waals surface area contributed by atoms with E-state index in [4.69, 9.17) is 4.74 Å². The summed E-state index contributed by atoms with van der Waals surface area (Å²) >= 11 is 0. The fourth-order valence-electron chi connectivity index (χ4n) is 3.19. The number of carbonyl (C=O) groups excluding carboxylic acids is 1. The van der Waals surface area contributed by atoms with Gasteiger partial charge in [-0.15, -0.1) is 0 Å². The smallest absolute Gasteiger partial charge is 0.424 e. The lowest BCUT2D eigenvalue weighted by molar-refractivity contribution is 0.0733. The Morgan fingerprint density at radius 1 is 1.12 bits per heavy atom. The summed E-state index contributed by atoms with van der Waals surface area (Å²) in [5.41, 5.74) is 2.42. The Balaban J connectivity index is 2.09. The SMILES string of the molecule is C=C(C)[C@H]1[C@@H](c2ccccc2)COC(=O)N1S(=O)(=O)c1ccc(C)cc1. The lowest BCUT2D eigenvalue weighted by Gasteiger charge is -2.40. The van der Waals surface area contributed by atoms with Gasteiger partial charge in [-0.2, -0.15) is 4.31 Å². The van der Waals surface area contributed by atoms with Crippen LogP contribution in [0.3, 0.4) is 0 Å². The van der Waals surface area contributed by atoms with E-state index in [2.05, 4.69) is 6.58 Å². The van der Waals surface area contributed by atoms with Gasteiger partial charge in [-0.05, 0) is 31.5 Å². The van der Waals surface area contributed by atoms with Crippen molar-refractivity contribution in [2.24, 2.45) is 0 Å². The van der Waals surface area contributed by atoms with Crippen molar-refractivity contribution in [3.8, 4) is 0 Å². The molecule has 2 atom stereocenters. The molecule has 1 heterocycles. The van der Waals surface area contributed by atoms with Crippen LogP contribution in [0.1, 0.15) is 24.0 Å². The molecule has 1 aliphatic heterocycles. The van der Waals surface area contributed by atoms with Gasteiger partial charge in [-0.25, -0.2) is 13.2 Å². The summed E-state index contributed by atoms with van der Waals surface area (Å²) in [5.74, 6) is -0.313. The molecular weight excluding hydrogens is 350 g/mol. The minimum Gasteiger partial charge on any atom is -0.448 e. The van der Waals surface area contributed by atoms with Crippen molar-refractivity contribution in [3.05, 3.63) is 77.9 Å². The molecular formula is C20H21NO4S. The van der Waals surface area contributed by atoms with E-state index in [9.17, 15) is 13.2 Å². The number of cyclic esters (lactones) is 1. The van der Waals surface area contributed by atoms with Crippen molar-refractivity contribution in [2.75, 3.05) is 6.61 Å². The average Bonchev–Trinajstić information content (AvgIpc) is 2.62. The number of amides is 1. The van der Waals surface area contributed by atoms with Gasteiger partial charge in [0.05, 0.1) is 10.9 Å². The molecule has 2 aromatic carbocycles. The van der Waals surface area contributed by atoms with Gasteiger partial charge in [-0.1, -0.05) is 60.2 Å². The quantitative estimate of drug-likeness (QED) is 0.766. The lowest BCUT2D eigenvalue weighted by Crippen LogP contribution is -2.53. The molecule has 0 aromatic heterocycles. The van der Waals surface area contributed by atoms with E-state index in [0.29, 0.717) is 5.57 Å². The number of benzene rings is 2. The monoisotopic (exact) mass is 371 g/mol. The molecule has 0 aliphatic carbocycles. The Bertz CT molecular complexity index is 920. The number of hydrogen-bond donors (Lipinski definition) is 0. The maximum atomic E-state index is 13.2. The van der Waals surface area contributed by atoms with Gasteiger partial charge < -0.3 is 4.74 Å². The molecule has 0 spiro atoms. The Hall–Kier alpha value is -2.60.